The minimum Gasteiger partial charge on any atom is -0.348 e. The Kier molecular flexibility index (Phi) is 5.94. The molecule has 0 unspecified atom stereocenters. The number of hydrogen-bond donors (Lipinski definition) is 0. The number of halogens is 1. The van der Waals surface area contributed by atoms with Gasteiger partial charge in [0.15, 0.2) is 5.78 Å². The summed E-state index contributed by atoms with van der Waals surface area (Å²) in [4.78, 5) is 12.1. The van der Waals surface area contributed by atoms with Crippen LogP contribution in [-0.4, -0.2) is 16.2 Å². The third-order valence-corrected chi connectivity index (χ3v) is 3.61. The Labute approximate surface area is 115 Å². The summed E-state index contributed by atoms with van der Waals surface area (Å²) < 4.78 is 2.26. The predicted molar refractivity (Wildman–Crippen MR) is 77.6 cm³/mol. The Balaban J connectivity index is 2.82. The normalized spacial score (nSPS) is 11.2. The van der Waals surface area contributed by atoms with Crippen LogP contribution in [0.3, 0.4) is 0 Å². The van der Waals surface area contributed by atoms with Crippen LogP contribution in [0, 0.1) is 19.8 Å². The monoisotopic (exact) mass is 269 g/mol. The molecule has 0 aliphatic rings. The number of aryl methyl sites for hydroxylation is 1. The number of carbonyl (C=O) groups is 1. The first-order valence-corrected chi connectivity index (χ1v) is 7.26. The second-order valence-electron chi connectivity index (χ2n) is 5.33. The van der Waals surface area contributed by atoms with E-state index in [-0.39, 0.29) is 5.78 Å². The van der Waals surface area contributed by atoms with E-state index in [1.54, 1.807) is 0 Å². The quantitative estimate of drug-likeness (QED) is 0.533. The molecule has 1 aromatic heterocycles. The first kappa shape index (κ1) is 15.3. The summed E-state index contributed by atoms with van der Waals surface area (Å²) >= 11 is 5.64. The lowest BCUT2D eigenvalue weighted by molar-refractivity contribution is 0.0981. The van der Waals surface area contributed by atoms with Crippen molar-refractivity contribution in [2.45, 2.75) is 53.5 Å². The minimum absolute atomic E-state index is 0.222. The van der Waals surface area contributed by atoms with Crippen LogP contribution in [0.5, 0.6) is 0 Å². The summed E-state index contributed by atoms with van der Waals surface area (Å²) in [7, 11) is 0. The van der Waals surface area contributed by atoms with Crippen LogP contribution in [0.2, 0.25) is 0 Å². The van der Waals surface area contributed by atoms with Gasteiger partial charge in [-0.25, -0.2) is 0 Å². The van der Waals surface area contributed by atoms with E-state index in [0.717, 1.165) is 30.6 Å². The molecule has 0 aliphatic heterocycles. The van der Waals surface area contributed by atoms with E-state index in [2.05, 4.69) is 25.3 Å². The molecule has 0 atom stereocenters. The fourth-order valence-corrected chi connectivity index (χ4v) is 2.31. The zero-order valence-electron chi connectivity index (χ0n) is 11.9. The van der Waals surface area contributed by atoms with Gasteiger partial charge in [-0.05, 0) is 38.7 Å². The second kappa shape index (κ2) is 6.98. The van der Waals surface area contributed by atoms with Crippen LogP contribution in [0.15, 0.2) is 6.07 Å². The highest BCUT2D eigenvalue weighted by Crippen LogP contribution is 2.19. The minimum atomic E-state index is 0.222. The Bertz CT molecular complexity index is 407. The number of carbonyl (C=O) groups excluding carboxylic acids is 1. The van der Waals surface area contributed by atoms with Gasteiger partial charge < -0.3 is 4.57 Å². The van der Waals surface area contributed by atoms with Crippen LogP contribution in [0.4, 0.5) is 0 Å². The summed E-state index contributed by atoms with van der Waals surface area (Å²) in [5.74, 6) is 1.46. The maximum atomic E-state index is 12.1. The van der Waals surface area contributed by atoms with Crippen molar-refractivity contribution in [2.75, 3.05) is 5.88 Å². The first-order valence-electron chi connectivity index (χ1n) is 6.73. The molecular weight excluding hydrogens is 246 g/mol. The van der Waals surface area contributed by atoms with Gasteiger partial charge in [0.25, 0.3) is 0 Å². The van der Waals surface area contributed by atoms with Gasteiger partial charge >= 0.3 is 0 Å². The van der Waals surface area contributed by atoms with Crippen LogP contribution in [-0.2, 0) is 6.54 Å². The van der Waals surface area contributed by atoms with Crippen molar-refractivity contribution in [2.24, 2.45) is 5.92 Å². The smallest absolute Gasteiger partial charge is 0.164 e. The number of alkyl halides is 1. The molecule has 1 heterocycles. The van der Waals surface area contributed by atoms with Gasteiger partial charge in [-0.15, -0.1) is 11.6 Å². The van der Waals surface area contributed by atoms with Gasteiger partial charge in [0, 0.05) is 35.8 Å². The van der Waals surface area contributed by atoms with Gasteiger partial charge in [-0.2, -0.15) is 0 Å². The maximum Gasteiger partial charge on any atom is 0.164 e. The molecule has 0 aromatic carbocycles. The molecule has 0 spiro atoms. The van der Waals surface area contributed by atoms with E-state index in [9.17, 15) is 4.79 Å². The number of nitrogens with zero attached hydrogens (tertiary/aromatic N) is 1. The largest absolute Gasteiger partial charge is 0.348 e. The van der Waals surface area contributed by atoms with Gasteiger partial charge in [-0.3, -0.25) is 4.79 Å². The Hall–Kier alpha value is -0.760. The highest BCUT2D eigenvalue weighted by atomic mass is 35.5. The molecule has 0 bridgehead atoms. The van der Waals surface area contributed by atoms with Gasteiger partial charge in [0.05, 0.1) is 0 Å². The van der Waals surface area contributed by atoms with Crippen molar-refractivity contribution in [1.29, 1.82) is 0 Å². The third-order valence-electron chi connectivity index (χ3n) is 3.34. The topological polar surface area (TPSA) is 22.0 Å². The molecule has 0 radical (unpaired) electrons. The molecule has 1 rings (SSSR count). The standard InChI is InChI=1S/C15H24ClNO/c1-11(2)7-9-17-12(3)10-14(13(17)4)15(18)6-5-8-16/h10-11H,5-9H2,1-4H3. The summed E-state index contributed by atoms with van der Waals surface area (Å²) in [6, 6.07) is 2.02. The summed E-state index contributed by atoms with van der Waals surface area (Å²) in [6.45, 7) is 9.56. The average Bonchev–Trinajstić information content (AvgIpc) is 2.59. The molecule has 102 valence electrons. The molecule has 0 aliphatic carbocycles. The van der Waals surface area contributed by atoms with Crippen LogP contribution >= 0.6 is 11.6 Å². The maximum absolute atomic E-state index is 12.1. The van der Waals surface area contributed by atoms with E-state index < -0.39 is 0 Å². The SMILES string of the molecule is Cc1cc(C(=O)CCCCl)c(C)n1CCC(C)C. The van der Waals surface area contributed by atoms with E-state index in [4.69, 9.17) is 11.6 Å². The highest BCUT2D eigenvalue weighted by Gasteiger charge is 2.15. The van der Waals surface area contributed by atoms with Gasteiger partial charge in [0.1, 0.15) is 0 Å². The molecule has 2 nitrogen and oxygen atoms in total. The highest BCUT2D eigenvalue weighted by molar-refractivity contribution is 6.18. The molecule has 1 aromatic rings. The van der Waals surface area contributed by atoms with E-state index >= 15 is 0 Å². The zero-order chi connectivity index (χ0) is 13.7. The molecule has 0 fully saturated rings. The van der Waals surface area contributed by atoms with Crippen molar-refractivity contribution in [3.63, 3.8) is 0 Å². The fourth-order valence-electron chi connectivity index (χ4n) is 2.18. The number of aromatic nitrogens is 1. The van der Waals surface area contributed by atoms with Crippen molar-refractivity contribution in [1.82, 2.24) is 4.57 Å². The number of ketones is 1. The van der Waals surface area contributed by atoms with Crippen molar-refractivity contribution in [3.05, 3.63) is 23.0 Å². The number of Topliss-reactive ketones (excluding diaryl/α,β-unsaturated/α-hetero) is 1. The predicted octanol–water partition coefficient (Wildman–Crippen LogP) is 4.35. The Morgan fingerprint density at radius 2 is 2.06 bits per heavy atom. The van der Waals surface area contributed by atoms with E-state index in [1.165, 1.54) is 5.69 Å². The molecule has 0 amide bonds. The average molecular weight is 270 g/mol. The summed E-state index contributed by atoms with van der Waals surface area (Å²) in [5, 5.41) is 0. The van der Waals surface area contributed by atoms with Gasteiger partial charge in [0.2, 0.25) is 0 Å². The van der Waals surface area contributed by atoms with Crippen LogP contribution < -0.4 is 0 Å². The van der Waals surface area contributed by atoms with E-state index in [0.29, 0.717) is 18.2 Å². The number of rotatable bonds is 7. The zero-order valence-corrected chi connectivity index (χ0v) is 12.7. The third kappa shape index (κ3) is 3.88. The fraction of sp³-hybridized carbons (Fsp3) is 0.667. The Morgan fingerprint density at radius 1 is 1.39 bits per heavy atom. The van der Waals surface area contributed by atoms with Crippen molar-refractivity contribution in [3.8, 4) is 0 Å². The first-order chi connectivity index (χ1) is 8.47. The molecular formula is C15H24ClNO. The van der Waals surface area contributed by atoms with Gasteiger partial charge in [-0.1, -0.05) is 13.8 Å². The molecule has 3 heteroatoms. The summed E-state index contributed by atoms with van der Waals surface area (Å²) in [6.07, 6.45) is 2.46. The Morgan fingerprint density at radius 3 is 2.61 bits per heavy atom. The summed E-state index contributed by atoms with van der Waals surface area (Å²) in [5.41, 5.74) is 3.16. The molecule has 18 heavy (non-hydrogen) atoms. The van der Waals surface area contributed by atoms with Crippen molar-refractivity contribution >= 4 is 17.4 Å². The second-order valence-corrected chi connectivity index (χ2v) is 5.71. The lowest BCUT2D eigenvalue weighted by Gasteiger charge is -2.11. The molecule has 0 saturated carbocycles. The van der Waals surface area contributed by atoms with Crippen molar-refractivity contribution < 1.29 is 4.79 Å². The lowest BCUT2D eigenvalue weighted by Crippen LogP contribution is -2.07. The van der Waals surface area contributed by atoms with E-state index in [1.807, 2.05) is 13.0 Å². The molecule has 0 saturated heterocycles. The van der Waals surface area contributed by atoms with Crippen LogP contribution in [0.25, 0.3) is 0 Å². The van der Waals surface area contributed by atoms with Crippen LogP contribution in [0.1, 0.15) is 54.9 Å². The number of hydrogen-bond acceptors (Lipinski definition) is 1. The molecule has 0 N–H and O–H groups in total. The lowest BCUT2D eigenvalue weighted by atomic mass is 10.1.